The van der Waals surface area contributed by atoms with Crippen molar-refractivity contribution < 1.29 is 4.79 Å². The summed E-state index contributed by atoms with van der Waals surface area (Å²) < 4.78 is 2.98. The molecular weight excluding hydrogens is 388 g/mol. The molecule has 3 heterocycles. The lowest BCUT2D eigenvalue weighted by Gasteiger charge is -2.09. The Bertz CT molecular complexity index is 884. The quantitative estimate of drug-likeness (QED) is 0.692. The van der Waals surface area contributed by atoms with Gasteiger partial charge in [-0.05, 0) is 61.3 Å². The second kappa shape index (κ2) is 7.03. The van der Waals surface area contributed by atoms with Gasteiger partial charge in [0, 0.05) is 22.8 Å². The van der Waals surface area contributed by atoms with Crippen molar-refractivity contribution in [3.8, 4) is 0 Å². The van der Waals surface area contributed by atoms with Crippen LogP contribution in [0.1, 0.15) is 40.8 Å². The maximum atomic E-state index is 12.5. The number of carbonyl (C=O) groups excluding carboxylic acids is 1. The van der Waals surface area contributed by atoms with Crippen molar-refractivity contribution >= 4 is 44.2 Å². The molecule has 3 rings (SSSR count). The Balaban J connectivity index is 1.73. The van der Waals surface area contributed by atoms with E-state index in [0.29, 0.717) is 12.1 Å². The van der Waals surface area contributed by atoms with E-state index < -0.39 is 0 Å². The zero-order valence-electron chi connectivity index (χ0n) is 13.8. The number of nitrogens with one attached hydrogen (secondary N) is 1. The Labute approximate surface area is 153 Å². The van der Waals surface area contributed by atoms with Gasteiger partial charge in [-0.25, -0.2) is 9.67 Å². The summed E-state index contributed by atoms with van der Waals surface area (Å²) in [5.41, 5.74) is 2.15. The molecule has 1 N–H and O–H groups in total. The third-order valence-corrected chi connectivity index (χ3v) is 5.46. The molecule has 5 nitrogen and oxygen atoms in total. The van der Waals surface area contributed by atoms with Gasteiger partial charge < -0.3 is 5.32 Å². The monoisotopic (exact) mass is 406 g/mol. The number of aromatic nitrogens is 3. The van der Waals surface area contributed by atoms with Gasteiger partial charge in [0.25, 0.3) is 5.91 Å². The van der Waals surface area contributed by atoms with Gasteiger partial charge in [-0.3, -0.25) is 4.79 Å². The van der Waals surface area contributed by atoms with Crippen molar-refractivity contribution in [1.29, 1.82) is 0 Å². The van der Waals surface area contributed by atoms with Gasteiger partial charge in [0.2, 0.25) is 0 Å². The highest BCUT2D eigenvalue weighted by molar-refractivity contribution is 9.11. The molecule has 0 bridgehead atoms. The van der Waals surface area contributed by atoms with Gasteiger partial charge in [-0.15, -0.1) is 11.3 Å². The fraction of sp³-hybridized carbons (Fsp3) is 0.353. The molecule has 0 aliphatic rings. The summed E-state index contributed by atoms with van der Waals surface area (Å²) in [7, 11) is 0. The number of hydrogen-bond acceptors (Lipinski definition) is 4. The summed E-state index contributed by atoms with van der Waals surface area (Å²) in [6, 6.07) is 6.20. The Morgan fingerprint density at radius 1 is 1.42 bits per heavy atom. The third kappa shape index (κ3) is 3.52. The molecule has 3 aromatic rings. The van der Waals surface area contributed by atoms with Crippen molar-refractivity contribution in [1.82, 2.24) is 20.1 Å². The van der Waals surface area contributed by atoms with E-state index in [4.69, 9.17) is 0 Å². The minimum atomic E-state index is -0.0881. The van der Waals surface area contributed by atoms with Crippen LogP contribution in [0.25, 0.3) is 11.0 Å². The highest BCUT2D eigenvalue weighted by atomic mass is 79.9. The number of pyridine rings is 1. The molecule has 0 saturated carbocycles. The Kier molecular flexibility index (Phi) is 5.01. The van der Waals surface area contributed by atoms with Crippen LogP contribution in [-0.2, 0) is 6.42 Å². The first-order chi connectivity index (χ1) is 11.5. The number of amides is 1. The summed E-state index contributed by atoms with van der Waals surface area (Å²) in [6.45, 7) is 6.59. The van der Waals surface area contributed by atoms with E-state index in [9.17, 15) is 4.79 Å². The molecule has 7 heteroatoms. The van der Waals surface area contributed by atoms with Crippen LogP contribution in [0, 0.1) is 6.92 Å². The largest absolute Gasteiger partial charge is 0.352 e. The van der Waals surface area contributed by atoms with Crippen LogP contribution in [0.15, 0.2) is 28.2 Å². The van der Waals surface area contributed by atoms with E-state index in [1.54, 1.807) is 17.5 Å². The average molecular weight is 407 g/mol. The molecular formula is C17H19BrN4OS. The zero-order valence-corrected chi connectivity index (χ0v) is 16.2. The summed E-state index contributed by atoms with van der Waals surface area (Å²) in [4.78, 5) is 18.3. The van der Waals surface area contributed by atoms with Gasteiger partial charge in [-0.1, -0.05) is 0 Å². The van der Waals surface area contributed by atoms with Gasteiger partial charge in [0.1, 0.15) is 0 Å². The van der Waals surface area contributed by atoms with Crippen molar-refractivity contribution in [2.24, 2.45) is 0 Å². The molecule has 1 amide bonds. The maximum Gasteiger partial charge on any atom is 0.253 e. The third-order valence-electron chi connectivity index (χ3n) is 3.78. The number of nitrogens with zero attached hydrogens (tertiary/aromatic N) is 3. The van der Waals surface area contributed by atoms with Crippen LogP contribution in [-0.4, -0.2) is 27.2 Å². The fourth-order valence-electron chi connectivity index (χ4n) is 2.55. The fourth-order valence-corrected chi connectivity index (χ4v) is 4.04. The van der Waals surface area contributed by atoms with E-state index in [1.807, 2.05) is 23.7 Å². The van der Waals surface area contributed by atoms with E-state index in [0.717, 1.165) is 26.9 Å². The van der Waals surface area contributed by atoms with E-state index in [-0.39, 0.29) is 11.9 Å². The molecule has 24 heavy (non-hydrogen) atoms. The lowest BCUT2D eigenvalue weighted by molar-refractivity contribution is 0.0953. The Morgan fingerprint density at radius 2 is 2.21 bits per heavy atom. The predicted molar refractivity (Wildman–Crippen MR) is 101 cm³/mol. The SMILES string of the molecule is Cc1nc2c(cnn2C(C)C)cc1C(=O)NCCc1ccc(Br)s1. The smallest absolute Gasteiger partial charge is 0.253 e. The topological polar surface area (TPSA) is 59.8 Å². The first-order valence-corrected chi connectivity index (χ1v) is 9.44. The molecule has 0 saturated heterocycles. The van der Waals surface area contributed by atoms with Gasteiger partial charge in [0.15, 0.2) is 5.65 Å². The van der Waals surface area contributed by atoms with E-state index in [1.165, 1.54) is 4.88 Å². The molecule has 3 aromatic heterocycles. The zero-order chi connectivity index (χ0) is 17.3. The van der Waals surface area contributed by atoms with Crippen LogP contribution in [0.2, 0.25) is 0 Å². The molecule has 0 aromatic carbocycles. The number of rotatable bonds is 5. The lowest BCUT2D eigenvalue weighted by atomic mass is 10.1. The molecule has 0 fully saturated rings. The normalized spacial score (nSPS) is 11.4. The first kappa shape index (κ1) is 17.1. The summed E-state index contributed by atoms with van der Waals surface area (Å²) >= 11 is 5.14. The van der Waals surface area contributed by atoms with E-state index >= 15 is 0 Å². The Morgan fingerprint density at radius 3 is 2.88 bits per heavy atom. The van der Waals surface area contributed by atoms with Crippen LogP contribution in [0.4, 0.5) is 0 Å². The summed E-state index contributed by atoms with van der Waals surface area (Å²) in [5, 5.41) is 8.23. The minimum Gasteiger partial charge on any atom is -0.352 e. The summed E-state index contributed by atoms with van der Waals surface area (Å²) in [5.74, 6) is -0.0881. The summed E-state index contributed by atoms with van der Waals surface area (Å²) in [6.07, 6.45) is 2.59. The van der Waals surface area contributed by atoms with Crippen LogP contribution in [0.3, 0.4) is 0 Å². The number of halogens is 1. The number of fused-ring (bicyclic) bond motifs is 1. The highest BCUT2D eigenvalue weighted by Gasteiger charge is 2.15. The second-order valence-corrected chi connectivity index (χ2v) is 8.48. The number of hydrogen-bond donors (Lipinski definition) is 1. The van der Waals surface area contributed by atoms with Gasteiger partial charge in [-0.2, -0.15) is 5.10 Å². The molecule has 0 unspecified atom stereocenters. The van der Waals surface area contributed by atoms with E-state index in [2.05, 4.69) is 51.2 Å². The van der Waals surface area contributed by atoms with Crippen molar-refractivity contribution in [2.45, 2.75) is 33.2 Å². The minimum absolute atomic E-state index is 0.0881. The van der Waals surface area contributed by atoms with Crippen molar-refractivity contribution in [3.05, 3.63) is 44.3 Å². The molecule has 126 valence electrons. The average Bonchev–Trinajstić information content (AvgIpc) is 3.12. The maximum absolute atomic E-state index is 12.5. The lowest BCUT2D eigenvalue weighted by Crippen LogP contribution is -2.26. The predicted octanol–water partition coefficient (Wildman–Crippen LogP) is 4.12. The second-order valence-electron chi connectivity index (χ2n) is 5.93. The molecule has 0 aliphatic carbocycles. The van der Waals surface area contributed by atoms with Crippen LogP contribution in [0.5, 0.6) is 0 Å². The van der Waals surface area contributed by atoms with Gasteiger partial charge in [0.05, 0.1) is 21.2 Å². The van der Waals surface area contributed by atoms with Gasteiger partial charge >= 0.3 is 0 Å². The number of carbonyl (C=O) groups is 1. The van der Waals surface area contributed by atoms with Crippen LogP contribution < -0.4 is 5.32 Å². The first-order valence-electron chi connectivity index (χ1n) is 7.83. The number of aryl methyl sites for hydroxylation is 1. The highest BCUT2D eigenvalue weighted by Crippen LogP contribution is 2.22. The molecule has 0 spiro atoms. The van der Waals surface area contributed by atoms with Crippen molar-refractivity contribution in [3.63, 3.8) is 0 Å². The standard InChI is InChI=1S/C17H19BrN4OS/c1-10(2)22-16-12(9-20-22)8-14(11(3)21-16)17(23)19-7-6-13-4-5-15(18)24-13/h4-5,8-10H,6-7H2,1-3H3,(H,19,23). The molecule has 0 atom stereocenters. The van der Waals surface area contributed by atoms with Crippen molar-refractivity contribution in [2.75, 3.05) is 6.54 Å². The van der Waals surface area contributed by atoms with Crippen LogP contribution >= 0.6 is 27.3 Å². The molecule has 0 radical (unpaired) electrons. The molecule has 0 aliphatic heterocycles. The Hall–Kier alpha value is -1.73. The number of thiophene rings is 1.